The van der Waals surface area contributed by atoms with E-state index >= 15 is 0 Å². The molecule has 2 N–H and O–H groups in total. The van der Waals surface area contributed by atoms with Gasteiger partial charge in [-0.1, -0.05) is 20.8 Å². The summed E-state index contributed by atoms with van der Waals surface area (Å²) in [6, 6.07) is 1.23. The Bertz CT molecular complexity index is 480. The maximum absolute atomic E-state index is 12.0. The van der Waals surface area contributed by atoms with Crippen LogP contribution in [-0.2, 0) is 0 Å². The number of carbonyl (C=O) groups excluding carboxylic acids is 1. The molecule has 5 heteroatoms. The fourth-order valence-corrected chi connectivity index (χ4v) is 2.31. The first kappa shape index (κ1) is 15.3. The summed E-state index contributed by atoms with van der Waals surface area (Å²) in [5.74, 6) is -1.50. The van der Waals surface area contributed by atoms with Crippen LogP contribution in [-0.4, -0.2) is 22.5 Å². The van der Waals surface area contributed by atoms with Crippen molar-refractivity contribution in [2.45, 2.75) is 46.6 Å². The van der Waals surface area contributed by atoms with E-state index in [1.54, 1.807) is 0 Å². The monoisotopic (exact) mass is 267 g/mol. The summed E-state index contributed by atoms with van der Waals surface area (Å²) in [5, 5.41) is 11.6. The van der Waals surface area contributed by atoms with E-state index in [0.717, 1.165) is 12.7 Å². The summed E-state index contributed by atoms with van der Waals surface area (Å²) in [6.07, 6.45) is 1.85. The number of furan rings is 1. The summed E-state index contributed by atoms with van der Waals surface area (Å²) in [5.41, 5.74) is -0.351. The number of rotatable bonds is 4. The Morgan fingerprint density at radius 3 is 2.26 bits per heavy atom. The van der Waals surface area contributed by atoms with Crippen LogP contribution in [0.1, 0.15) is 62.0 Å². The first-order valence-electron chi connectivity index (χ1n) is 6.14. The molecule has 0 aromatic carbocycles. The van der Waals surface area contributed by atoms with Gasteiger partial charge in [-0.05, 0) is 25.7 Å². The van der Waals surface area contributed by atoms with E-state index in [-0.39, 0.29) is 16.7 Å². The molecule has 5 nitrogen and oxygen atoms in total. The molecular weight excluding hydrogens is 246 g/mol. The van der Waals surface area contributed by atoms with Crippen LogP contribution in [0.5, 0.6) is 0 Å². The second-order valence-corrected chi connectivity index (χ2v) is 6.58. The molecule has 1 rings (SSSR count). The lowest BCUT2D eigenvalue weighted by Gasteiger charge is -2.33. The van der Waals surface area contributed by atoms with Gasteiger partial charge in [0.05, 0.1) is 5.56 Å². The smallest absolute Gasteiger partial charge is 0.338 e. The lowest BCUT2D eigenvalue weighted by Crippen LogP contribution is -2.45. The molecule has 0 bridgehead atoms. The maximum atomic E-state index is 12.0. The molecule has 1 aromatic heterocycles. The number of aromatic carboxylic acids is 1. The highest BCUT2D eigenvalue weighted by Crippen LogP contribution is 2.27. The van der Waals surface area contributed by atoms with E-state index in [2.05, 4.69) is 26.1 Å². The van der Waals surface area contributed by atoms with E-state index < -0.39 is 17.4 Å². The molecule has 106 valence electrons. The molecule has 1 aromatic rings. The SMILES string of the molecule is CC(C)(C)CC(C)(C)NC(=O)c1cc(C(=O)O)co1. The van der Waals surface area contributed by atoms with Crippen molar-refractivity contribution in [3.63, 3.8) is 0 Å². The standard InChI is InChI=1S/C14H21NO4/c1-13(2,3)8-14(4,5)15-11(16)10-6-9(7-19-10)12(17)18/h6-7H,8H2,1-5H3,(H,15,16)(H,17,18). The summed E-state index contributed by atoms with van der Waals surface area (Å²) in [6.45, 7) is 10.1. The fourth-order valence-electron chi connectivity index (χ4n) is 2.31. The van der Waals surface area contributed by atoms with Gasteiger partial charge in [0.1, 0.15) is 6.26 Å². The van der Waals surface area contributed by atoms with Crippen LogP contribution in [0.4, 0.5) is 0 Å². The molecule has 0 saturated carbocycles. The average Bonchev–Trinajstić information content (AvgIpc) is 2.60. The van der Waals surface area contributed by atoms with Gasteiger partial charge in [0.15, 0.2) is 5.76 Å². The van der Waals surface area contributed by atoms with Crippen LogP contribution in [0.3, 0.4) is 0 Å². The average molecular weight is 267 g/mol. The summed E-state index contributed by atoms with van der Waals surface area (Å²) < 4.78 is 4.97. The van der Waals surface area contributed by atoms with Gasteiger partial charge in [-0.15, -0.1) is 0 Å². The second-order valence-electron chi connectivity index (χ2n) is 6.58. The van der Waals surface area contributed by atoms with Crippen molar-refractivity contribution in [1.29, 1.82) is 0 Å². The lowest BCUT2D eigenvalue weighted by molar-refractivity contribution is 0.0695. The highest BCUT2D eigenvalue weighted by atomic mass is 16.4. The predicted molar refractivity (Wildman–Crippen MR) is 71.3 cm³/mol. The number of hydrogen-bond acceptors (Lipinski definition) is 3. The van der Waals surface area contributed by atoms with Crippen molar-refractivity contribution in [2.75, 3.05) is 0 Å². The second kappa shape index (κ2) is 5.07. The number of nitrogens with one attached hydrogen (secondary N) is 1. The molecule has 0 fully saturated rings. The zero-order valence-corrected chi connectivity index (χ0v) is 12.0. The van der Waals surface area contributed by atoms with Gasteiger partial charge in [-0.25, -0.2) is 4.79 Å². The number of hydrogen-bond donors (Lipinski definition) is 2. The van der Waals surface area contributed by atoms with E-state index in [0.29, 0.717) is 0 Å². The third kappa shape index (κ3) is 4.77. The van der Waals surface area contributed by atoms with E-state index in [1.165, 1.54) is 6.07 Å². The zero-order chi connectivity index (χ0) is 14.8. The van der Waals surface area contributed by atoms with Crippen LogP contribution < -0.4 is 5.32 Å². The molecule has 0 spiro atoms. The number of carboxylic acids is 1. The molecule has 0 aliphatic rings. The van der Waals surface area contributed by atoms with Gasteiger partial charge in [0, 0.05) is 11.6 Å². The molecule has 0 aliphatic carbocycles. The summed E-state index contributed by atoms with van der Waals surface area (Å²) >= 11 is 0. The van der Waals surface area contributed by atoms with Gasteiger partial charge in [0.2, 0.25) is 0 Å². The highest BCUT2D eigenvalue weighted by Gasteiger charge is 2.28. The number of carbonyl (C=O) groups is 2. The van der Waals surface area contributed by atoms with Crippen molar-refractivity contribution in [1.82, 2.24) is 5.32 Å². The van der Waals surface area contributed by atoms with Gasteiger partial charge in [-0.2, -0.15) is 0 Å². The van der Waals surface area contributed by atoms with Crippen LogP contribution in [0.2, 0.25) is 0 Å². The van der Waals surface area contributed by atoms with Crippen molar-refractivity contribution in [3.05, 3.63) is 23.7 Å². The van der Waals surface area contributed by atoms with Crippen molar-refractivity contribution < 1.29 is 19.1 Å². The minimum Gasteiger partial charge on any atom is -0.478 e. The predicted octanol–water partition coefficient (Wildman–Crippen LogP) is 2.92. The Balaban J connectivity index is 2.75. The molecule has 0 atom stereocenters. The van der Waals surface area contributed by atoms with Crippen LogP contribution in [0.15, 0.2) is 16.7 Å². The Morgan fingerprint density at radius 1 is 1.26 bits per heavy atom. The molecule has 19 heavy (non-hydrogen) atoms. The Hall–Kier alpha value is -1.78. The van der Waals surface area contributed by atoms with E-state index in [9.17, 15) is 9.59 Å². The Kier molecular flexibility index (Phi) is 4.08. The molecular formula is C14H21NO4. The van der Waals surface area contributed by atoms with Gasteiger partial charge in [-0.3, -0.25) is 4.79 Å². The van der Waals surface area contributed by atoms with Crippen molar-refractivity contribution in [3.8, 4) is 0 Å². The first-order chi connectivity index (χ1) is 8.50. The molecule has 0 aliphatic heterocycles. The minimum atomic E-state index is -1.11. The Morgan fingerprint density at radius 2 is 1.84 bits per heavy atom. The normalized spacial score (nSPS) is 12.3. The first-order valence-corrected chi connectivity index (χ1v) is 6.14. The van der Waals surface area contributed by atoms with Crippen LogP contribution >= 0.6 is 0 Å². The Labute approximate surface area is 113 Å². The third-order valence-electron chi connectivity index (χ3n) is 2.49. The maximum Gasteiger partial charge on any atom is 0.338 e. The zero-order valence-electron chi connectivity index (χ0n) is 12.0. The van der Waals surface area contributed by atoms with Crippen LogP contribution in [0, 0.1) is 5.41 Å². The topological polar surface area (TPSA) is 79.5 Å². The minimum absolute atomic E-state index is 0.0133. The number of amides is 1. The van der Waals surface area contributed by atoms with Gasteiger partial charge in [0.25, 0.3) is 5.91 Å². The number of carboxylic acid groups (broad SMARTS) is 1. The van der Waals surface area contributed by atoms with Crippen molar-refractivity contribution >= 4 is 11.9 Å². The van der Waals surface area contributed by atoms with E-state index in [4.69, 9.17) is 9.52 Å². The molecule has 1 heterocycles. The quantitative estimate of drug-likeness (QED) is 0.879. The molecule has 0 unspecified atom stereocenters. The van der Waals surface area contributed by atoms with Gasteiger partial charge < -0.3 is 14.8 Å². The summed E-state index contributed by atoms with van der Waals surface area (Å²) in [7, 11) is 0. The van der Waals surface area contributed by atoms with Gasteiger partial charge >= 0.3 is 5.97 Å². The van der Waals surface area contributed by atoms with Crippen molar-refractivity contribution in [2.24, 2.45) is 5.41 Å². The molecule has 1 amide bonds. The third-order valence-corrected chi connectivity index (χ3v) is 2.49. The largest absolute Gasteiger partial charge is 0.478 e. The fraction of sp³-hybridized carbons (Fsp3) is 0.571. The highest BCUT2D eigenvalue weighted by molar-refractivity contribution is 5.95. The molecule has 0 saturated heterocycles. The summed E-state index contributed by atoms with van der Waals surface area (Å²) in [4.78, 5) is 22.7. The molecule has 0 radical (unpaired) electrons. The van der Waals surface area contributed by atoms with E-state index in [1.807, 2.05) is 13.8 Å². The van der Waals surface area contributed by atoms with Crippen LogP contribution in [0.25, 0.3) is 0 Å². The lowest BCUT2D eigenvalue weighted by atomic mass is 9.82.